The summed E-state index contributed by atoms with van der Waals surface area (Å²) in [5.41, 5.74) is 5.25. The van der Waals surface area contributed by atoms with E-state index < -0.39 is 0 Å². The maximum Gasteiger partial charge on any atom is 0.116 e. The van der Waals surface area contributed by atoms with Gasteiger partial charge in [-0.05, 0) is 43.5 Å². The smallest absolute Gasteiger partial charge is 0.116 e. The topological polar surface area (TPSA) is 36.4 Å². The molecule has 3 nitrogen and oxygen atoms in total. The van der Waals surface area contributed by atoms with E-state index >= 15 is 0 Å². The summed E-state index contributed by atoms with van der Waals surface area (Å²) in [7, 11) is 0. The Bertz CT molecular complexity index is 427. The minimum absolute atomic E-state index is 0. The molecule has 0 radical (unpaired) electrons. The maximum atomic E-state index is 4.36. The van der Waals surface area contributed by atoms with Gasteiger partial charge in [-0.25, -0.2) is 0 Å². The summed E-state index contributed by atoms with van der Waals surface area (Å²) >= 11 is 0. The van der Waals surface area contributed by atoms with Gasteiger partial charge < -0.3 is 10.6 Å². The highest BCUT2D eigenvalue weighted by Crippen LogP contribution is 2.21. The largest absolute Gasteiger partial charge is 0.378 e. The second-order valence-corrected chi connectivity index (χ2v) is 4.29. The number of hydrogen-bond donors (Lipinski definition) is 2. The molecule has 0 saturated heterocycles. The van der Waals surface area contributed by atoms with Crippen molar-refractivity contribution in [2.45, 2.75) is 20.8 Å². The summed E-state index contributed by atoms with van der Waals surface area (Å²) in [6.45, 7) is 9.15. The fourth-order valence-electron chi connectivity index (χ4n) is 1.89. The van der Waals surface area contributed by atoms with Crippen molar-refractivity contribution in [3.05, 3.63) is 28.8 Å². The summed E-state index contributed by atoms with van der Waals surface area (Å²) < 4.78 is 0. The first kappa shape index (κ1) is 13.8. The van der Waals surface area contributed by atoms with E-state index in [4.69, 9.17) is 0 Å². The third-order valence-corrected chi connectivity index (χ3v) is 3.25. The van der Waals surface area contributed by atoms with Crippen molar-refractivity contribution >= 4 is 23.9 Å². The first-order valence-electron chi connectivity index (χ1n) is 5.76. The summed E-state index contributed by atoms with van der Waals surface area (Å²) in [6.07, 6.45) is 0. The second kappa shape index (κ2) is 5.92. The van der Waals surface area contributed by atoms with E-state index in [1.807, 2.05) is 0 Å². The van der Waals surface area contributed by atoms with E-state index in [9.17, 15) is 0 Å². The molecule has 2 N–H and O–H groups in total. The van der Waals surface area contributed by atoms with Crippen LogP contribution in [0.3, 0.4) is 0 Å². The predicted molar refractivity (Wildman–Crippen MR) is 76.7 cm³/mol. The third kappa shape index (κ3) is 3.13. The number of aryl methyl sites for hydroxylation is 1. The maximum absolute atomic E-state index is 4.36. The van der Waals surface area contributed by atoms with E-state index in [1.54, 1.807) is 0 Å². The molecule has 1 heterocycles. The molecule has 0 atom stereocenters. The van der Waals surface area contributed by atoms with Crippen molar-refractivity contribution in [3.63, 3.8) is 0 Å². The molecule has 1 aromatic carbocycles. The number of nitrogens with one attached hydrogen (secondary N) is 2. The lowest BCUT2D eigenvalue weighted by atomic mass is 10.0. The molecule has 2 rings (SSSR count). The molecule has 1 aliphatic heterocycles. The minimum atomic E-state index is 0. The summed E-state index contributed by atoms with van der Waals surface area (Å²) in [6, 6.07) is 4.31. The molecule has 0 saturated carbocycles. The standard InChI is InChI=1S/C13H19N3.ClH/c1-9-4-5-12(11(3)10(9)2)16-8-13-14-6-7-15-13;/h4-5,16H,6-8H2,1-3H3,(H,14,15);1H. The number of amidine groups is 1. The van der Waals surface area contributed by atoms with Crippen molar-refractivity contribution in [1.29, 1.82) is 0 Å². The molecule has 0 spiro atoms. The van der Waals surface area contributed by atoms with Gasteiger partial charge in [0, 0.05) is 12.2 Å². The van der Waals surface area contributed by atoms with Crippen LogP contribution >= 0.6 is 12.4 Å². The zero-order valence-corrected chi connectivity index (χ0v) is 11.4. The van der Waals surface area contributed by atoms with Crippen LogP contribution in [0.2, 0.25) is 0 Å². The van der Waals surface area contributed by atoms with E-state index in [0.29, 0.717) is 0 Å². The molecular formula is C13H20ClN3. The Labute approximate surface area is 109 Å². The monoisotopic (exact) mass is 253 g/mol. The highest BCUT2D eigenvalue weighted by molar-refractivity contribution is 5.87. The number of hydrogen-bond acceptors (Lipinski definition) is 3. The van der Waals surface area contributed by atoms with Gasteiger partial charge in [-0.2, -0.15) is 0 Å². The van der Waals surface area contributed by atoms with Crippen molar-refractivity contribution in [2.75, 3.05) is 25.0 Å². The average molecular weight is 254 g/mol. The summed E-state index contributed by atoms with van der Waals surface area (Å²) in [4.78, 5) is 4.36. The van der Waals surface area contributed by atoms with Crippen LogP contribution in [0.25, 0.3) is 0 Å². The first-order chi connectivity index (χ1) is 7.68. The molecule has 0 fully saturated rings. The number of halogens is 1. The average Bonchev–Trinajstić information content (AvgIpc) is 2.78. The Kier molecular flexibility index (Phi) is 4.82. The molecular weight excluding hydrogens is 234 g/mol. The normalized spacial score (nSPS) is 13.7. The van der Waals surface area contributed by atoms with Gasteiger partial charge in [0.25, 0.3) is 0 Å². The number of benzene rings is 1. The molecule has 1 aromatic rings. The van der Waals surface area contributed by atoms with Crippen LogP contribution in [0.1, 0.15) is 16.7 Å². The lowest BCUT2D eigenvalue weighted by Crippen LogP contribution is -2.26. The Hall–Kier alpha value is -1.22. The Balaban J connectivity index is 0.00000144. The molecule has 0 aliphatic carbocycles. The molecule has 0 aromatic heterocycles. The SMILES string of the molecule is Cc1ccc(NCC2=NCCN2)c(C)c1C.Cl. The van der Waals surface area contributed by atoms with Gasteiger partial charge in [0.2, 0.25) is 0 Å². The predicted octanol–water partition coefficient (Wildman–Crippen LogP) is 2.45. The number of anilines is 1. The number of nitrogens with zero attached hydrogens (tertiary/aromatic N) is 1. The van der Waals surface area contributed by atoms with Gasteiger partial charge in [-0.3, -0.25) is 4.99 Å². The van der Waals surface area contributed by atoms with Crippen molar-refractivity contribution in [1.82, 2.24) is 5.32 Å². The minimum Gasteiger partial charge on any atom is -0.378 e. The van der Waals surface area contributed by atoms with Crippen LogP contribution in [0.4, 0.5) is 5.69 Å². The molecule has 0 bridgehead atoms. The fourth-order valence-corrected chi connectivity index (χ4v) is 1.89. The van der Waals surface area contributed by atoms with Crippen LogP contribution in [0.15, 0.2) is 17.1 Å². The van der Waals surface area contributed by atoms with Crippen molar-refractivity contribution < 1.29 is 0 Å². The second-order valence-electron chi connectivity index (χ2n) is 4.29. The number of aliphatic imine (C=N–C) groups is 1. The van der Waals surface area contributed by atoms with E-state index in [1.165, 1.54) is 22.4 Å². The van der Waals surface area contributed by atoms with Crippen LogP contribution in [0.5, 0.6) is 0 Å². The lowest BCUT2D eigenvalue weighted by Gasteiger charge is -2.13. The lowest BCUT2D eigenvalue weighted by molar-refractivity contribution is 0.956. The van der Waals surface area contributed by atoms with Gasteiger partial charge in [0.15, 0.2) is 0 Å². The molecule has 94 valence electrons. The van der Waals surface area contributed by atoms with Gasteiger partial charge >= 0.3 is 0 Å². The zero-order valence-electron chi connectivity index (χ0n) is 10.6. The summed E-state index contributed by atoms with van der Waals surface area (Å²) in [5, 5.41) is 6.69. The van der Waals surface area contributed by atoms with Crippen LogP contribution in [-0.2, 0) is 0 Å². The Morgan fingerprint density at radius 3 is 2.65 bits per heavy atom. The Morgan fingerprint density at radius 2 is 2.00 bits per heavy atom. The number of rotatable bonds is 3. The van der Waals surface area contributed by atoms with Crippen LogP contribution in [0, 0.1) is 20.8 Å². The first-order valence-corrected chi connectivity index (χ1v) is 5.76. The quantitative estimate of drug-likeness (QED) is 0.868. The van der Waals surface area contributed by atoms with Crippen LogP contribution in [-0.4, -0.2) is 25.5 Å². The Morgan fingerprint density at radius 1 is 1.24 bits per heavy atom. The zero-order chi connectivity index (χ0) is 11.5. The van der Waals surface area contributed by atoms with Gasteiger partial charge in [-0.15, -0.1) is 12.4 Å². The van der Waals surface area contributed by atoms with E-state index in [-0.39, 0.29) is 12.4 Å². The van der Waals surface area contributed by atoms with Crippen molar-refractivity contribution in [2.24, 2.45) is 4.99 Å². The highest BCUT2D eigenvalue weighted by atomic mass is 35.5. The van der Waals surface area contributed by atoms with Gasteiger partial charge in [-0.1, -0.05) is 6.07 Å². The van der Waals surface area contributed by atoms with E-state index in [0.717, 1.165) is 25.5 Å². The molecule has 0 amide bonds. The van der Waals surface area contributed by atoms with Crippen LogP contribution < -0.4 is 10.6 Å². The highest BCUT2D eigenvalue weighted by Gasteiger charge is 2.06. The molecule has 1 aliphatic rings. The molecule has 0 unspecified atom stereocenters. The fraction of sp³-hybridized carbons (Fsp3) is 0.462. The van der Waals surface area contributed by atoms with E-state index in [2.05, 4.69) is 48.5 Å². The van der Waals surface area contributed by atoms with Crippen molar-refractivity contribution in [3.8, 4) is 0 Å². The molecule has 17 heavy (non-hydrogen) atoms. The summed E-state index contributed by atoms with van der Waals surface area (Å²) in [5.74, 6) is 1.07. The molecule has 4 heteroatoms. The van der Waals surface area contributed by atoms with Gasteiger partial charge in [0.1, 0.15) is 5.84 Å². The van der Waals surface area contributed by atoms with Gasteiger partial charge in [0.05, 0.1) is 13.1 Å². The third-order valence-electron chi connectivity index (χ3n) is 3.25.